The van der Waals surface area contributed by atoms with Gasteiger partial charge in [0.1, 0.15) is 5.56 Å². The molecule has 0 bridgehead atoms. The number of aromatic nitrogens is 2. The van der Waals surface area contributed by atoms with Crippen molar-refractivity contribution in [3.63, 3.8) is 0 Å². The Kier molecular flexibility index (Phi) is 5.32. The van der Waals surface area contributed by atoms with E-state index in [1.807, 2.05) is 6.08 Å². The molecule has 0 saturated carbocycles. The highest BCUT2D eigenvalue weighted by molar-refractivity contribution is 5.90. The number of rotatable bonds is 6. The Bertz CT molecular complexity index is 765. The summed E-state index contributed by atoms with van der Waals surface area (Å²) < 4.78 is 1.63. The second-order valence-electron chi connectivity index (χ2n) is 5.20. The zero-order valence-electron chi connectivity index (χ0n) is 13.3. The summed E-state index contributed by atoms with van der Waals surface area (Å²) in [5.74, 6) is -0.961. The molecule has 0 saturated heterocycles. The molecule has 1 heterocycles. The molecule has 0 aliphatic rings. The van der Waals surface area contributed by atoms with Gasteiger partial charge in [-0.05, 0) is 50.5 Å². The van der Waals surface area contributed by atoms with Crippen molar-refractivity contribution in [1.82, 2.24) is 9.78 Å². The number of aromatic carboxylic acids is 1. The predicted molar refractivity (Wildman–Crippen MR) is 87.7 cm³/mol. The molecule has 5 nitrogen and oxygen atoms in total. The number of aryl methyl sites for hydroxylation is 1. The maximum absolute atomic E-state index is 11.6. The maximum atomic E-state index is 11.6. The Morgan fingerprint density at radius 2 is 2.04 bits per heavy atom. The van der Waals surface area contributed by atoms with Crippen molar-refractivity contribution >= 4 is 5.97 Å². The standard InChI is InChI=1S/C18H19N3O2/c1-3-4-5-6-7-16-17(18(22)23)13(2)21(20-16)15-10-8-14(12-19)9-11-15/h4-5,8-11H,3,6-7H2,1-2H3,(H,22,23). The molecule has 0 unspecified atom stereocenters. The van der Waals surface area contributed by atoms with E-state index in [0.29, 0.717) is 23.4 Å². The monoisotopic (exact) mass is 309 g/mol. The van der Waals surface area contributed by atoms with E-state index >= 15 is 0 Å². The lowest BCUT2D eigenvalue weighted by Gasteiger charge is -2.04. The highest BCUT2D eigenvalue weighted by Gasteiger charge is 2.20. The van der Waals surface area contributed by atoms with Gasteiger partial charge >= 0.3 is 5.97 Å². The summed E-state index contributed by atoms with van der Waals surface area (Å²) >= 11 is 0. The first kappa shape index (κ1) is 16.5. The Labute approximate surface area is 135 Å². The number of carbonyl (C=O) groups is 1. The topological polar surface area (TPSA) is 78.9 Å². The third-order valence-corrected chi connectivity index (χ3v) is 3.59. The van der Waals surface area contributed by atoms with Crippen molar-refractivity contribution in [3.8, 4) is 11.8 Å². The SMILES string of the molecule is CCC=CCCc1nn(-c2ccc(C#N)cc2)c(C)c1C(=O)O. The van der Waals surface area contributed by atoms with Gasteiger partial charge in [0.15, 0.2) is 0 Å². The van der Waals surface area contributed by atoms with Gasteiger partial charge in [0.25, 0.3) is 0 Å². The summed E-state index contributed by atoms with van der Waals surface area (Å²) in [6.07, 6.45) is 6.41. The minimum atomic E-state index is -0.961. The first-order valence-electron chi connectivity index (χ1n) is 7.55. The molecule has 0 radical (unpaired) electrons. The van der Waals surface area contributed by atoms with Crippen LogP contribution in [0.5, 0.6) is 0 Å². The number of nitriles is 1. The summed E-state index contributed by atoms with van der Waals surface area (Å²) in [4.78, 5) is 11.6. The maximum Gasteiger partial charge on any atom is 0.339 e. The minimum Gasteiger partial charge on any atom is -0.478 e. The molecule has 0 fully saturated rings. The van der Waals surface area contributed by atoms with E-state index in [1.165, 1.54) is 0 Å². The van der Waals surface area contributed by atoms with Crippen molar-refractivity contribution in [1.29, 1.82) is 5.26 Å². The van der Waals surface area contributed by atoms with Crippen LogP contribution >= 0.6 is 0 Å². The van der Waals surface area contributed by atoms with Gasteiger partial charge < -0.3 is 5.11 Å². The molecule has 0 amide bonds. The van der Waals surface area contributed by atoms with Crippen LogP contribution in [0.2, 0.25) is 0 Å². The van der Waals surface area contributed by atoms with Crippen LogP contribution in [0, 0.1) is 18.3 Å². The molecular weight excluding hydrogens is 290 g/mol. The van der Waals surface area contributed by atoms with Crippen molar-refractivity contribution in [3.05, 3.63) is 58.9 Å². The average Bonchev–Trinajstić information content (AvgIpc) is 2.88. The van der Waals surface area contributed by atoms with Gasteiger partial charge in [-0.15, -0.1) is 0 Å². The number of hydrogen-bond acceptors (Lipinski definition) is 3. The molecule has 23 heavy (non-hydrogen) atoms. The lowest BCUT2D eigenvalue weighted by molar-refractivity contribution is 0.0695. The summed E-state index contributed by atoms with van der Waals surface area (Å²) in [7, 11) is 0. The van der Waals surface area contributed by atoms with Gasteiger partial charge in [-0.3, -0.25) is 0 Å². The number of allylic oxidation sites excluding steroid dienone is 2. The van der Waals surface area contributed by atoms with E-state index in [-0.39, 0.29) is 5.56 Å². The van der Waals surface area contributed by atoms with E-state index < -0.39 is 5.97 Å². The molecule has 0 aliphatic heterocycles. The van der Waals surface area contributed by atoms with Gasteiger partial charge in [-0.2, -0.15) is 10.4 Å². The summed E-state index contributed by atoms with van der Waals surface area (Å²) in [5.41, 5.74) is 2.75. The first-order valence-corrected chi connectivity index (χ1v) is 7.55. The van der Waals surface area contributed by atoms with Gasteiger partial charge in [0.2, 0.25) is 0 Å². The number of benzene rings is 1. The summed E-state index contributed by atoms with van der Waals surface area (Å²) in [6, 6.07) is 8.99. The largest absolute Gasteiger partial charge is 0.478 e. The van der Waals surface area contributed by atoms with Gasteiger partial charge in [-0.1, -0.05) is 19.1 Å². The number of hydrogen-bond donors (Lipinski definition) is 1. The minimum absolute atomic E-state index is 0.263. The third kappa shape index (κ3) is 3.67. The molecule has 118 valence electrons. The molecule has 0 aliphatic carbocycles. The Morgan fingerprint density at radius 1 is 1.35 bits per heavy atom. The molecule has 1 N–H and O–H groups in total. The van der Waals surface area contributed by atoms with Crippen LogP contribution in [0.25, 0.3) is 5.69 Å². The number of carboxylic acids is 1. The van der Waals surface area contributed by atoms with Crippen LogP contribution in [0.3, 0.4) is 0 Å². The average molecular weight is 309 g/mol. The van der Waals surface area contributed by atoms with Crippen molar-refractivity contribution in [2.45, 2.75) is 33.1 Å². The second-order valence-corrected chi connectivity index (χ2v) is 5.20. The van der Waals surface area contributed by atoms with Gasteiger partial charge in [-0.25, -0.2) is 9.48 Å². The quantitative estimate of drug-likeness (QED) is 0.826. The van der Waals surface area contributed by atoms with Crippen LogP contribution in [-0.4, -0.2) is 20.9 Å². The molecule has 5 heteroatoms. The highest BCUT2D eigenvalue weighted by atomic mass is 16.4. The van der Waals surface area contributed by atoms with E-state index in [4.69, 9.17) is 5.26 Å². The zero-order valence-corrected chi connectivity index (χ0v) is 13.3. The normalized spacial score (nSPS) is 10.8. The van der Waals surface area contributed by atoms with Crippen molar-refractivity contribution in [2.24, 2.45) is 0 Å². The van der Waals surface area contributed by atoms with E-state index in [2.05, 4.69) is 24.2 Å². The van der Waals surface area contributed by atoms with Crippen molar-refractivity contribution < 1.29 is 9.90 Å². The van der Waals surface area contributed by atoms with Crippen LogP contribution in [0.1, 0.15) is 47.1 Å². The second kappa shape index (κ2) is 7.41. The van der Waals surface area contributed by atoms with E-state index in [0.717, 1.165) is 18.5 Å². The van der Waals surface area contributed by atoms with E-state index in [1.54, 1.807) is 35.9 Å². The fraction of sp³-hybridized carbons (Fsp3) is 0.278. The fourth-order valence-electron chi connectivity index (χ4n) is 2.45. The number of nitrogens with zero attached hydrogens (tertiary/aromatic N) is 3. The molecule has 0 atom stereocenters. The lowest BCUT2D eigenvalue weighted by Crippen LogP contribution is -2.03. The molecule has 1 aromatic carbocycles. The third-order valence-electron chi connectivity index (χ3n) is 3.59. The Hall–Kier alpha value is -2.87. The number of carboxylic acid groups (broad SMARTS) is 1. The van der Waals surface area contributed by atoms with Crippen LogP contribution in [-0.2, 0) is 6.42 Å². The van der Waals surface area contributed by atoms with E-state index in [9.17, 15) is 9.90 Å². The Morgan fingerprint density at radius 3 is 2.61 bits per heavy atom. The smallest absolute Gasteiger partial charge is 0.339 e. The fourth-order valence-corrected chi connectivity index (χ4v) is 2.45. The van der Waals surface area contributed by atoms with Crippen molar-refractivity contribution in [2.75, 3.05) is 0 Å². The van der Waals surface area contributed by atoms with Gasteiger partial charge in [0.05, 0.1) is 28.7 Å². The molecular formula is C18H19N3O2. The molecule has 1 aromatic heterocycles. The summed E-state index contributed by atoms with van der Waals surface area (Å²) in [5, 5.41) is 22.8. The van der Waals surface area contributed by atoms with Crippen LogP contribution in [0.15, 0.2) is 36.4 Å². The summed E-state index contributed by atoms with van der Waals surface area (Å²) in [6.45, 7) is 3.81. The highest BCUT2D eigenvalue weighted by Crippen LogP contribution is 2.20. The van der Waals surface area contributed by atoms with Crippen LogP contribution < -0.4 is 0 Å². The zero-order chi connectivity index (χ0) is 16.8. The molecule has 0 spiro atoms. The van der Waals surface area contributed by atoms with Crippen LogP contribution in [0.4, 0.5) is 0 Å². The Balaban J connectivity index is 2.38. The predicted octanol–water partition coefficient (Wildman–Crippen LogP) is 3.65. The first-order chi connectivity index (χ1) is 11.1. The molecule has 2 aromatic rings. The molecule has 2 rings (SSSR count). The van der Waals surface area contributed by atoms with Gasteiger partial charge in [0, 0.05) is 0 Å². The lowest BCUT2D eigenvalue weighted by atomic mass is 10.1.